The zero-order valence-electron chi connectivity index (χ0n) is 33.6. The third-order valence-corrected chi connectivity index (χ3v) is 14.1. The first-order valence-electron chi connectivity index (χ1n) is 20.6. The fraction of sp³-hybridized carbons (Fsp3) is 0.780. The lowest BCUT2D eigenvalue weighted by Gasteiger charge is -2.64. The molecule has 0 aliphatic heterocycles. The van der Waals surface area contributed by atoms with Crippen molar-refractivity contribution in [3.8, 4) is 0 Å². The Hall–Kier alpha value is -3.13. The maximum absolute atomic E-state index is 7.01. The van der Waals surface area contributed by atoms with Crippen LogP contribution in [0.5, 0.6) is 0 Å². The van der Waals surface area contributed by atoms with E-state index in [-0.39, 0.29) is 47.0 Å². The molecule has 0 saturated heterocycles. The molecular weight excluding hydrogens is 681 g/mol. The lowest BCUT2D eigenvalue weighted by Crippen LogP contribution is -2.63. The molecule has 304 valence electrons. The largest absolute Gasteiger partial charge is 0.376 e. The van der Waals surface area contributed by atoms with Gasteiger partial charge in [0.15, 0.2) is 17.9 Å². The Morgan fingerprint density at radius 3 is 2.07 bits per heavy atom. The summed E-state index contributed by atoms with van der Waals surface area (Å²) in [6, 6.07) is 10.8. The van der Waals surface area contributed by atoms with Gasteiger partial charge in [-0.2, -0.15) is 0 Å². The Balaban J connectivity index is 1.36. The molecule has 13 nitrogen and oxygen atoms in total. The standard InChI is InChI=1S/C41H72N10O3/c1-27(9-8-19-51(4)26-28-10-6-5-7-11-28)31-12-13-32-36-33(25-35(41(31,32)3)54-22-18-50-39(46)47)40(2)15-14-30(52-20-16-48-37(42)43)23-29(40)24-34(36)53-21-17-49-38(44)45/h5-7,10-11,27,29-36H,8-9,12-26H2,1-4H3,(H4,42,43,48)(H4,44,45,49)(H4,46,47,50)/t27-,29?,30?,31?,32+,33+,34-,35+,36?,40?,41?/m1/s1. The minimum absolute atomic E-state index is 0.00477. The number of ether oxygens (including phenoxy) is 3. The second-order valence-electron chi connectivity index (χ2n) is 17.3. The van der Waals surface area contributed by atoms with Crippen molar-refractivity contribution in [3.05, 3.63) is 35.9 Å². The molecule has 0 heterocycles. The third-order valence-electron chi connectivity index (χ3n) is 14.1. The molecule has 0 bridgehead atoms. The van der Waals surface area contributed by atoms with Gasteiger partial charge in [0.25, 0.3) is 0 Å². The molecule has 12 N–H and O–H groups in total. The van der Waals surface area contributed by atoms with E-state index in [0.29, 0.717) is 75.0 Å². The number of benzene rings is 1. The van der Waals surface area contributed by atoms with Gasteiger partial charge >= 0.3 is 0 Å². The van der Waals surface area contributed by atoms with Crippen LogP contribution in [0.2, 0.25) is 0 Å². The summed E-state index contributed by atoms with van der Waals surface area (Å²) in [5.74, 6) is 3.27. The Kier molecular flexibility index (Phi) is 14.9. The van der Waals surface area contributed by atoms with Gasteiger partial charge in [-0.25, -0.2) is 0 Å². The lowest BCUT2D eigenvalue weighted by atomic mass is 9.43. The maximum atomic E-state index is 7.01. The molecule has 4 fully saturated rings. The number of aliphatic imine (C=N–C) groups is 3. The van der Waals surface area contributed by atoms with E-state index in [1.54, 1.807) is 0 Å². The van der Waals surface area contributed by atoms with E-state index in [1.807, 2.05) is 0 Å². The van der Waals surface area contributed by atoms with Crippen LogP contribution in [0.15, 0.2) is 45.3 Å². The molecule has 1 aromatic rings. The van der Waals surface area contributed by atoms with Crippen LogP contribution in [0, 0.1) is 46.3 Å². The van der Waals surface area contributed by atoms with Gasteiger partial charge in [-0.3, -0.25) is 15.0 Å². The van der Waals surface area contributed by atoms with Crippen molar-refractivity contribution in [1.82, 2.24) is 4.90 Å². The van der Waals surface area contributed by atoms with E-state index in [1.165, 1.54) is 31.2 Å². The molecule has 4 saturated carbocycles. The third kappa shape index (κ3) is 10.2. The van der Waals surface area contributed by atoms with Crippen LogP contribution in [0.25, 0.3) is 0 Å². The minimum Gasteiger partial charge on any atom is -0.376 e. The van der Waals surface area contributed by atoms with Crippen LogP contribution >= 0.6 is 0 Å². The van der Waals surface area contributed by atoms with Crippen molar-refractivity contribution in [2.75, 3.05) is 53.0 Å². The minimum atomic E-state index is 0.00477. The molecule has 4 aliphatic rings. The van der Waals surface area contributed by atoms with Crippen LogP contribution < -0.4 is 34.4 Å². The smallest absolute Gasteiger partial charge is 0.185 e. The van der Waals surface area contributed by atoms with Gasteiger partial charge in [0, 0.05) is 12.0 Å². The second kappa shape index (κ2) is 19.1. The first-order valence-corrected chi connectivity index (χ1v) is 20.6. The predicted molar refractivity (Wildman–Crippen MR) is 218 cm³/mol. The first-order chi connectivity index (χ1) is 25.8. The number of hydrogen-bond donors (Lipinski definition) is 6. The molecule has 4 aliphatic carbocycles. The van der Waals surface area contributed by atoms with Crippen molar-refractivity contribution >= 4 is 17.9 Å². The summed E-state index contributed by atoms with van der Waals surface area (Å²) in [6.07, 6.45) is 10.4. The van der Waals surface area contributed by atoms with Gasteiger partial charge in [-0.15, -0.1) is 0 Å². The monoisotopic (exact) mass is 753 g/mol. The number of nitrogens with zero attached hydrogens (tertiary/aromatic N) is 4. The highest BCUT2D eigenvalue weighted by molar-refractivity contribution is 5.76. The zero-order valence-corrected chi connectivity index (χ0v) is 33.6. The van der Waals surface area contributed by atoms with Crippen molar-refractivity contribution in [1.29, 1.82) is 0 Å². The Labute approximate surface area is 324 Å². The summed E-state index contributed by atoms with van der Waals surface area (Å²) < 4.78 is 20.3. The topological polar surface area (TPSA) is 224 Å². The molecule has 0 spiro atoms. The number of guanidine groups is 3. The second-order valence-corrected chi connectivity index (χ2v) is 17.3. The summed E-state index contributed by atoms with van der Waals surface area (Å²) >= 11 is 0. The average Bonchev–Trinajstić information content (AvgIpc) is 3.48. The number of rotatable bonds is 19. The van der Waals surface area contributed by atoms with Crippen LogP contribution in [-0.4, -0.2) is 94.1 Å². The predicted octanol–water partition coefficient (Wildman–Crippen LogP) is 3.39. The highest BCUT2D eigenvalue weighted by Gasteiger charge is 2.66. The van der Waals surface area contributed by atoms with E-state index >= 15 is 0 Å². The van der Waals surface area contributed by atoms with Crippen molar-refractivity contribution < 1.29 is 14.2 Å². The molecule has 0 radical (unpaired) electrons. The fourth-order valence-corrected chi connectivity index (χ4v) is 11.6. The number of fused-ring (bicyclic) bond motifs is 5. The Bertz CT molecular complexity index is 1400. The quantitative estimate of drug-likeness (QED) is 0.0687. The van der Waals surface area contributed by atoms with Gasteiger partial charge in [-0.05, 0) is 118 Å². The van der Waals surface area contributed by atoms with Gasteiger partial charge in [0.2, 0.25) is 0 Å². The molecule has 0 aromatic heterocycles. The normalized spacial score (nSPS) is 33.6. The SMILES string of the molecule is C[C@H](CCCN(C)Cc1ccccc1)C1CC[C@H]2C3[C@H](OCCN=C(N)N)CC4CC(OCCN=C(N)N)CCC4(C)[C@H]3C[C@H](OCCN=C(N)N)C12C. The molecule has 11 atom stereocenters. The summed E-state index contributed by atoms with van der Waals surface area (Å²) in [7, 11) is 2.24. The van der Waals surface area contributed by atoms with E-state index in [0.717, 1.165) is 45.2 Å². The van der Waals surface area contributed by atoms with Gasteiger partial charge in [0.05, 0.1) is 57.8 Å². The summed E-state index contributed by atoms with van der Waals surface area (Å²) in [5.41, 5.74) is 35.5. The Morgan fingerprint density at radius 1 is 0.796 bits per heavy atom. The molecule has 5 rings (SSSR count). The van der Waals surface area contributed by atoms with Crippen molar-refractivity contribution in [3.63, 3.8) is 0 Å². The van der Waals surface area contributed by atoms with E-state index in [4.69, 9.17) is 48.6 Å². The summed E-state index contributed by atoms with van der Waals surface area (Å²) in [5, 5.41) is 0. The average molecular weight is 753 g/mol. The fourth-order valence-electron chi connectivity index (χ4n) is 11.6. The zero-order chi connectivity index (χ0) is 38.9. The highest BCUT2D eigenvalue weighted by Crippen LogP contribution is 2.69. The van der Waals surface area contributed by atoms with Crippen molar-refractivity contribution in [2.24, 2.45) is 95.7 Å². The van der Waals surface area contributed by atoms with Gasteiger partial charge < -0.3 is 53.5 Å². The van der Waals surface area contributed by atoms with Crippen LogP contribution in [-0.2, 0) is 20.8 Å². The van der Waals surface area contributed by atoms with E-state index in [2.05, 4.69) is 78.0 Å². The van der Waals surface area contributed by atoms with E-state index < -0.39 is 0 Å². The van der Waals surface area contributed by atoms with Gasteiger partial charge in [0.1, 0.15) is 0 Å². The number of nitrogens with two attached hydrogens (primary N) is 6. The summed E-state index contributed by atoms with van der Waals surface area (Å²) in [6.45, 7) is 12.6. The van der Waals surface area contributed by atoms with Crippen LogP contribution in [0.3, 0.4) is 0 Å². The maximum Gasteiger partial charge on any atom is 0.185 e. The first kappa shape index (κ1) is 42.0. The molecule has 13 heteroatoms. The molecule has 0 amide bonds. The van der Waals surface area contributed by atoms with Crippen molar-refractivity contribution in [2.45, 2.75) is 103 Å². The summed E-state index contributed by atoms with van der Waals surface area (Å²) in [4.78, 5) is 15.1. The molecule has 1 aromatic carbocycles. The van der Waals surface area contributed by atoms with Crippen LogP contribution in [0.4, 0.5) is 0 Å². The highest BCUT2D eigenvalue weighted by atomic mass is 16.5. The molecular formula is C41H72N10O3. The number of hydrogen-bond acceptors (Lipinski definition) is 7. The van der Waals surface area contributed by atoms with Crippen LogP contribution in [0.1, 0.15) is 84.1 Å². The molecule has 54 heavy (non-hydrogen) atoms. The lowest BCUT2D eigenvalue weighted by molar-refractivity contribution is -0.226. The van der Waals surface area contributed by atoms with Gasteiger partial charge in [-0.1, -0.05) is 51.1 Å². The molecule has 6 unspecified atom stereocenters. The van der Waals surface area contributed by atoms with E-state index in [9.17, 15) is 0 Å². The Morgan fingerprint density at radius 2 is 1.43 bits per heavy atom.